The van der Waals surface area contributed by atoms with Crippen molar-refractivity contribution in [1.29, 1.82) is 5.26 Å². The normalized spacial score (nSPS) is 11.3. The van der Waals surface area contributed by atoms with Gasteiger partial charge in [-0.3, -0.25) is 14.7 Å². The van der Waals surface area contributed by atoms with E-state index in [-0.39, 0.29) is 38.8 Å². The number of H-pyrrole nitrogens is 1. The number of hydrogen-bond acceptors (Lipinski definition) is 4. The first kappa shape index (κ1) is 23.8. The van der Waals surface area contributed by atoms with E-state index < -0.39 is 46.2 Å². The minimum absolute atomic E-state index is 0.148. The maximum atomic E-state index is 13.8. The van der Waals surface area contributed by atoms with Gasteiger partial charge < -0.3 is 5.32 Å². The molecule has 0 bridgehead atoms. The summed E-state index contributed by atoms with van der Waals surface area (Å²) >= 11 is 6.04. The summed E-state index contributed by atoms with van der Waals surface area (Å²) in [5.74, 6) is -4.25. The van der Waals surface area contributed by atoms with Crippen molar-refractivity contribution in [3.8, 4) is 6.07 Å². The summed E-state index contributed by atoms with van der Waals surface area (Å²) in [5.41, 5.74) is -3.19. The number of nitrogens with zero attached hydrogens (tertiary/aromatic N) is 2. The number of ketones is 1. The molecule has 1 heterocycles. The van der Waals surface area contributed by atoms with Crippen molar-refractivity contribution in [1.82, 2.24) is 10.2 Å². The number of anilines is 1. The first-order valence-corrected chi connectivity index (χ1v) is 9.96. The average Bonchev–Trinajstić information content (AvgIpc) is 3.26. The number of halogens is 6. The van der Waals surface area contributed by atoms with Crippen molar-refractivity contribution in [2.45, 2.75) is 6.18 Å². The van der Waals surface area contributed by atoms with Gasteiger partial charge >= 0.3 is 6.18 Å². The molecular formula is C23H10ClF5N4O2. The fraction of sp³-hybridized carbons (Fsp3) is 0.0435. The second-order valence-corrected chi connectivity index (χ2v) is 7.66. The zero-order valence-electron chi connectivity index (χ0n) is 17.1. The number of alkyl halides is 3. The number of aromatic nitrogens is 2. The zero-order valence-corrected chi connectivity index (χ0v) is 17.9. The average molecular weight is 505 g/mol. The van der Waals surface area contributed by atoms with Gasteiger partial charge in [-0.2, -0.15) is 23.5 Å². The molecule has 2 N–H and O–H groups in total. The van der Waals surface area contributed by atoms with Crippen molar-refractivity contribution >= 4 is 39.9 Å². The fourth-order valence-corrected chi connectivity index (χ4v) is 3.63. The van der Waals surface area contributed by atoms with Crippen molar-refractivity contribution in [3.05, 3.63) is 93.1 Å². The van der Waals surface area contributed by atoms with E-state index >= 15 is 0 Å². The maximum absolute atomic E-state index is 13.8. The Hall–Kier alpha value is -4.30. The first-order valence-electron chi connectivity index (χ1n) is 9.58. The Balaban J connectivity index is 1.88. The quantitative estimate of drug-likeness (QED) is 0.268. The van der Waals surface area contributed by atoms with Crippen LogP contribution in [0.1, 0.15) is 37.4 Å². The number of nitriles is 1. The van der Waals surface area contributed by atoms with Crippen molar-refractivity contribution in [2.75, 3.05) is 5.32 Å². The van der Waals surface area contributed by atoms with Crippen LogP contribution in [0.15, 0.2) is 48.7 Å². The van der Waals surface area contributed by atoms with Crippen LogP contribution in [-0.4, -0.2) is 21.9 Å². The molecule has 0 aliphatic rings. The van der Waals surface area contributed by atoms with Gasteiger partial charge in [0, 0.05) is 16.5 Å². The van der Waals surface area contributed by atoms with Crippen LogP contribution in [0, 0.1) is 23.0 Å². The van der Waals surface area contributed by atoms with E-state index in [0.717, 1.165) is 18.2 Å². The number of nitrogens with one attached hydrogen (secondary N) is 2. The highest BCUT2D eigenvalue weighted by atomic mass is 35.5. The Kier molecular flexibility index (Phi) is 6.00. The number of amides is 1. The highest BCUT2D eigenvalue weighted by Gasteiger charge is 2.32. The van der Waals surface area contributed by atoms with E-state index in [1.807, 2.05) is 6.07 Å². The summed E-state index contributed by atoms with van der Waals surface area (Å²) in [6.45, 7) is 0. The van der Waals surface area contributed by atoms with Gasteiger partial charge in [-0.15, -0.1) is 0 Å². The van der Waals surface area contributed by atoms with E-state index in [1.165, 1.54) is 12.3 Å². The molecule has 1 aromatic heterocycles. The topological polar surface area (TPSA) is 98.6 Å². The number of benzene rings is 3. The van der Waals surface area contributed by atoms with Gasteiger partial charge in [0.25, 0.3) is 5.91 Å². The number of carbonyl (C=O) groups is 2. The SMILES string of the molecule is N#Cc1c(C(=O)c2cc(F)ccc2Cl)c(NC(=O)c2cc(F)cc(C(F)(F)F)c2)cc2[nH]ncc12. The number of fused-ring (bicyclic) bond motifs is 1. The van der Waals surface area contributed by atoms with Crippen molar-refractivity contribution in [3.63, 3.8) is 0 Å². The summed E-state index contributed by atoms with van der Waals surface area (Å²) in [6, 6.07) is 7.24. The van der Waals surface area contributed by atoms with Crippen LogP contribution in [0.2, 0.25) is 5.02 Å². The lowest BCUT2D eigenvalue weighted by molar-refractivity contribution is -0.137. The highest BCUT2D eigenvalue weighted by Crippen LogP contribution is 2.34. The monoisotopic (exact) mass is 504 g/mol. The second kappa shape index (κ2) is 8.81. The van der Waals surface area contributed by atoms with Gasteiger partial charge in [0.1, 0.15) is 17.7 Å². The van der Waals surface area contributed by atoms with Gasteiger partial charge in [0.2, 0.25) is 0 Å². The predicted molar refractivity (Wildman–Crippen MR) is 115 cm³/mol. The molecule has 4 aromatic rings. The van der Waals surface area contributed by atoms with E-state index in [0.29, 0.717) is 12.1 Å². The minimum Gasteiger partial charge on any atom is -0.321 e. The second-order valence-electron chi connectivity index (χ2n) is 7.25. The minimum atomic E-state index is -4.92. The molecule has 0 fully saturated rings. The molecule has 0 saturated heterocycles. The number of carbonyl (C=O) groups excluding carboxylic acids is 2. The molecule has 0 saturated carbocycles. The molecule has 0 radical (unpaired) electrons. The summed E-state index contributed by atoms with van der Waals surface area (Å²) < 4.78 is 66.9. The summed E-state index contributed by atoms with van der Waals surface area (Å²) in [7, 11) is 0. The van der Waals surface area contributed by atoms with Crippen LogP contribution in [0.25, 0.3) is 10.9 Å². The van der Waals surface area contributed by atoms with Crippen LogP contribution in [0.4, 0.5) is 27.6 Å². The lowest BCUT2D eigenvalue weighted by atomic mass is 9.94. The Morgan fingerprint density at radius 1 is 1.06 bits per heavy atom. The molecule has 176 valence electrons. The zero-order chi connectivity index (χ0) is 25.5. The molecule has 1 amide bonds. The third-order valence-corrected chi connectivity index (χ3v) is 5.32. The van der Waals surface area contributed by atoms with Crippen LogP contribution in [-0.2, 0) is 6.18 Å². The number of hydrogen-bond donors (Lipinski definition) is 2. The van der Waals surface area contributed by atoms with Crippen LogP contribution >= 0.6 is 11.6 Å². The molecule has 3 aromatic carbocycles. The lowest BCUT2D eigenvalue weighted by Gasteiger charge is -2.15. The molecule has 0 spiro atoms. The van der Waals surface area contributed by atoms with Gasteiger partial charge in [0.05, 0.1) is 39.1 Å². The molecule has 12 heteroatoms. The van der Waals surface area contributed by atoms with Gasteiger partial charge in [-0.1, -0.05) is 11.6 Å². The fourth-order valence-electron chi connectivity index (χ4n) is 3.43. The molecule has 0 aliphatic heterocycles. The predicted octanol–water partition coefficient (Wildman–Crippen LogP) is 5.87. The molecule has 0 aliphatic carbocycles. The smallest absolute Gasteiger partial charge is 0.321 e. The third-order valence-electron chi connectivity index (χ3n) is 4.99. The summed E-state index contributed by atoms with van der Waals surface area (Å²) in [4.78, 5) is 26.2. The van der Waals surface area contributed by atoms with E-state index in [1.54, 1.807) is 0 Å². The third kappa shape index (κ3) is 4.56. The molecule has 0 atom stereocenters. The van der Waals surface area contributed by atoms with E-state index in [2.05, 4.69) is 15.5 Å². The number of aromatic amines is 1. The van der Waals surface area contributed by atoms with Crippen LogP contribution in [0.5, 0.6) is 0 Å². The lowest BCUT2D eigenvalue weighted by Crippen LogP contribution is -2.18. The highest BCUT2D eigenvalue weighted by molar-refractivity contribution is 6.35. The molecule has 6 nitrogen and oxygen atoms in total. The Morgan fingerprint density at radius 3 is 2.49 bits per heavy atom. The molecule has 0 unspecified atom stereocenters. The Morgan fingerprint density at radius 2 is 1.80 bits per heavy atom. The Bertz CT molecular complexity index is 1560. The van der Waals surface area contributed by atoms with Gasteiger partial charge in [-0.25, -0.2) is 8.78 Å². The van der Waals surface area contributed by atoms with Crippen molar-refractivity contribution in [2.24, 2.45) is 0 Å². The number of rotatable bonds is 4. The molecule has 4 rings (SSSR count). The van der Waals surface area contributed by atoms with E-state index in [9.17, 15) is 36.8 Å². The first-order chi connectivity index (χ1) is 16.5. The van der Waals surface area contributed by atoms with Crippen LogP contribution < -0.4 is 5.32 Å². The largest absolute Gasteiger partial charge is 0.416 e. The Labute approximate surface area is 197 Å². The molecule has 35 heavy (non-hydrogen) atoms. The summed E-state index contributed by atoms with van der Waals surface area (Å²) in [6.07, 6.45) is -3.68. The molecular weight excluding hydrogens is 495 g/mol. The maximum Gasteiger partial charge on any atom is 0.416 e. The van der Waals surface area contributed by atoms with Crippen molar-refractivity contribution < 1.29 is 31.5 Å². The van der Waals surface area contributed by atoms with Gasteiger partial charge in [-0.05, 0) is 42.5 Å². The van der Waals surface area contributed by atoms with E-state index in [4.69, 9.17) is 11.6 Å². The van der Waals surface area contributed by atoms with Gasteiger partial charge in [0.15, 0.2) is 5.78 Å². The standard InChI is InChI=1S/C23H10ClF5N4O2/c24-17-2-1-12(25)6-14(17)21(34)20-15(8-30)16-9-31-33-18(16)7-19(20)32-22(35)10-3-11(23(27,28)29)5-13(26)4-10/h1-7,9H,(H,31,33)(H,32,35). The van der Waals surface area contributed by atoms with Crippen LogP contribution in [0.3, 0.4) is 0 Å². The summed E-state index contributed by atoms with van der Waals surface area (Å²) in [5, 5.41) is 18.4.